The Hall–Kier alpha value is -0.540. The number of aryl methyl sites for hydroxylation is 1. The maximum atomic E-state index is 4.52. The van der Waals surface area contributed by atoms with Gasteiger partial charge in [-0.25, -0.2) is 0 Å². The second-order valence-corrected chi connectivity index (χ2v) is 5.43. The lowest BCUT2D eigenvalue weighted by Crippen LogP contribution is -2.30. The Bertz CT molecular complexity index is 298. The number of nitrogens with zero attached hydrogens (tertiary/aromatic N) is 1. The maximum Gasteiger partial charge on any atom is 0.0419 e. The Morgan fingerprint density at radius 3 is 2.71 bits per heavy atom. The highest BCUT2D eigenvalue weighted by molar-refractivity contribution is 7.99. The van der Waals surface area contributed by atoms with Gasteiger partial charge in [0.2, 0.25) is 0 Å². The second kappa shape index (κ2) is 8.54. The summed E-state index contributed by atoms with van der Waals surface area (Å²) in [5.41, 5.74) is 2.51. The highest BCUT2D eigenvalue weighted by atomic mass is 32.2. The van der Waals surface area contributed by atoms with Crippen molar-refractivity contribution in [1.82, 2.24) is 10.3 Å². The molecule has 1 heterocycles. The largest absolute Gasteiger partial charge is 0.316 e. The van der Waals surface area contributed by atoms with Crippen molar-refractivity contribution in [1.29, 1.82) is 0 Å². The van der Waals surface area contributed by atoms with Crippen LogP contribution in [-0.4, -0.2) is 29.6 Å². The first-order valence-electron chi connectivity index (χ1n) is 6.49. The molecule has 0 amide bonds. The molecule has 0 saturated carbocycles. The molecule has 0 aliphatic rings. The molecule has 0 saturated heterocycles. The molecule has 0 spiro atoms. The normalized spacial score (nSPS) is 12.6. The molecule has 1 N–H and O–H groups in total. The number of likely N-dealkylation sites (N-methyl/N-ethyl adjacent to an activating group) is 1. The molecule has 1 aromatic heterocycles. The standard InChI is InChI=1S/C14H24N2S/c1-4-8-17-11-14(15-3)9-13-7-6-12(5-2)10-16-13/h6-7,10,14-15H,4-5,8-9,11H2,1-3H3. The van der Waals surface area contributed by atoms with Crippen LogP contribution < -0.4 is 5.32 Å². The molecule has 2 nitrogen and oxygen atoms in total. The third kappa shape index (κ3) is 5.55. The number of aromatic nitrogens is 1. The van der Waals surface area contributed by atoms with Crippen LogP contribution in [0.5, 0.6) is 0 Å². The summed E-state index contributed by atoms with van der Waals surface area (Å²) in [6.07, 6.45) is 5.35. The zero-order valence-electron chi connectivity index (χ0n) is 11.2. The molecule has 0 bridgehead atoms. The van der Waals surface area contributed by atoms with Gasteiger partial charge >= 0.3 is 0 Å². The Morgan fingerprint density at radius 2 is 2.18 bits per heavy atom. The summed E-state index contributed by atoms with van der Waals surface area (Å²) >= 11 is 2.02. The van der Waals surface area contributed by atoms with Crippen LogP contribution in [0.3, 0.4) is 0 Å². The molecule has 0 aliphatic heterocycles. The van der Waals surface area contributed by atoms with Crippen molar-refractivity contribution in [3.8, 4) is 0 Å². The van der Waals surface area contributed by atoms with E-state index in [2.05, 4.69) is 36.3 Å². The van der Waals surface area contributed by atoms with E-state index in [4.69, 9.17) is 0 Å². The molecule has 0 aromatic carbocycles. The van der Waals surface area contributed by atoms with Crippen molar-refractivity contribution >= 4 is 11.8 Å². The van der Waals surface area contributed by atoms with Gasteiger partial charge in [0.1, 0.15) is 0 Å². The molecule has 3 heteroatoms. The van der Waals surface area contributed by atoms with Gasteiger partial charge in [0, 0.05) is 30.1 Å². The fourth-order valence-electron chi connectivity index (χ4n) is 1.65. The van der Waals surface area contributed by atoms with Crippen molar-refractivity contribution in [2.24, 2.45) is 0 Å². The lowest BCUT2D eigenvalue weighted by Gasteiger charge is -2.15. The van der Waals surface area contributed by atoms with Gasteiger partial charge in [-0.05, 0) is 37.3 Å². The predicted octanol–water partition coefficient (Wildman–Crippen LogP) is 2.92. The molecule has 17 heavy (non-hydrogen) atoms. The number of nitrogens with one attached hydrogen (secondary N) is 1. The Kier molecular flexibility index (Phi) is 7.29. The van der Waals surface area contributed by atoms with Gasteiger partial charge in [-0.1, -0.05) is 19.9 Å². The summed E-state index contributed by atoms with van der Waals surface area (Å²) in [5.74, 6) is 2.42. The Labute approximate surface area is 110 Å². The van der Waals surface area contributed by atoms with Crippen LogP contribution >= 0.6 is 11.8 Å². The first kappa shape index (κ1) is 14.5. The van der Waals surface area contributed by atoms with Gasteiger partial charge in [-0.3, -0.25) is 4.98 Å². The van der Waals surface area contributed by atoms with Crippen molar-refractivity contribution in [2.75, 3.05) is 18.6 Å². The van der Waals surface area contributed by atoms with Crippen LogP contribution in [0.4, 0.5) is 0 Å². The summed E-state index contributed by atoms with van der Waals surface area (Å²) < 4.78 is 0. The maximum absolute atomic E-state index is 4.52. The SMILES string of the molecule is CCCSCC(Cc1ccc(CC)cn1)NC. The van der Waals surface area contributed by atoms with Crippen LogP contribution in [0.25, 0.3) is 0 Å². The van der Waals surface area contributed by atoms with Gasteiger partial charge in [0.25, 0.3) is 0 Å². The first-order valence-corrected chi connectivity index (χ1v) is 7.64. The van der Waals surface area contributed by atoms with Gasteiger partial charge in [0.05, 0.1) is 0 Å². The fraction of sp³-hybridized carbons (Fsp3) is 0.643. The predicted molar refractivity (Wildman–Crippen MR) is 77.8 cm³/mol. The fourth-order valence-corrected chi connectivity index (χ4v) is 2.68. The third-order valence-corrected chi connectivity index (χ3v) is 4.16. The van der Waals surface area contributed by atoms with Crippen LogP contribution in [0.15, 0.2) is 18.3 Å². The topological polar surface area (TPSA) is 24.9 Å². The van der Waals surface area contributed by atoms with E-state index in [1.807, 2.05) is 25.0 Å². The van der Waals surface area contributed by atoms with E-state index in [1.165, 1.54) is 29.2 Å². The van der Waals surface area contributed by atoms with E-state index in [-0.39, 0.29) is 0 Å². The van der Waals surface area contributed by atoms with Crippen molar-refractivity contribution in [3.63, 3.8) is 0 Å². The molecule has 1 rings (SSSR count). The van der Waals surface area contributed by atoms with Crippen LogP contribution in [0.1, 0.15) is 31.5 Å². The summed E-state index contributed by atoms with van der Waals surface area (Å²) in [4.78, 5) is 4.52. The molecular formula is C14H24N2S. The quantitative estimate of drug-likeness (QED) is 0.720. The second-order valence-electron chi connectivity index (χ2n) is 4.28. The van der Waals surface area contributed by atoms with E-state index >= 15 is 0 Å². The highest BCUT2D eigenvalue weighted by Crippen LogP contribution is 2.09. The summed E-state index contributed by atoms with van der Waals surface area (Å²) in [7, 11) is 2.04. The number of pyridine rings is 1. The summed E-state index contributed by atoms with van der Waals surface area (Å²) in [6, 6.07) is 4.88. The monoisotopic (exact) mass is 252 g/mol. The number of hydrogen-bond acceptors (Lipinski definition) is 3. The number of rotatable bonds is 8. The molecule has 0 aliphatic carbocycles. The molecule has 1 atom stereocenters. The van der Waals surface area contributed by atoms with E-state index in [9.17, 15) is 0 Å². The zero-order valence-corrected chi connectivity index (χ0v) is 12.0. The smallest absolute Gasteiger partial charge is 0.0419 e. The van der Waals surface area contributed by atoms with Gasteiger partial charge < -0.3 is 5.32 Å². The first-order chi connectivity index (χ1) is 8.30. The Morgan fingerprint density at radius 1 is 1.35 bits per heavy atom. The molecule has 1 aromatic rings. The van der Waals surface area contributed by atoms with Gasteiger partial charge in [-0.15, -0.1) is 0 Å². The third-order valence-electron chi connectivity index (χ3n) is 2.83. The molecule has 0 radical (unpaired) electrons. The zero-order chi connectivity index (χ0) is 12.5. The van der Waals surface area contributed by atoms with Crippen molar-refractivity contribution in [3.05, 3.63) is 29.6 Å². The number of thioether (sulfide) groups is 1. The van der Waals surface area contributed by atoms with Gasteiger partial charge in [-0.2, -0.15) is 11.8 Å². The van der Waals surface area contributed by atoms with Crippen molar-refractivity contribution in [2.45, 2.75) is 39.2 Å². The van der Waals surface area contributed by atoms with E-state index < -0.39 is 0 Å². The minimum Gasteiger partial charge on any atom is -0.316 e. The van der Waals surface area contributed by atoms with Gasteiger partial charge in [0.15, 0.2) is 0 Å². The Balaban J connectivity index is 2.43. The number of hydrogen-bond donors (Lipinski definition) is 1. The minimum atomic E-state index is 0.534. The average Bonchev–Trinajstić information content (AvgIpc) is 2.38. The van der Waals surface area contributed by atoms with E-state index in [0.717, 1.165) is 12.8 Å². The summed E-state index contributed by atoms with van der Waals surface area (Å²) in [5, 5.41) is 3.38. The lowest BCUT2D eigenvalue weighted by atomic mass is 10.1. The summed E-state index contributed by atoms with van der Waals surface area (Å²) in [6.45, 7) is 4.39. The van der Waals surface area contributed by atoms with Crippen LogP contribution in [0.2, 0.25) is 0 Å². The minimum absolute atomic E-state index is 0.534. The molecule has 96 valence electrons. The lowest BCUT2D eigenvalue weighted by molar-refractivity contribution is 0.608. The van der Waals surface area contributed by atoms with Crippen LogP contribution in [-0.2, 0) is 12.8 Å². The van der Waals surface area contributed by atoms with E-state index in [1.54, 1.807) is 0 Å². The van der Waals surface area contributed by atoms with E-state index in [0.29, 0.717) is 6.04 Å². The highest BCUT2D eigenvalue weighted by Gasteiger charge is 2.07. The molecule has 0 fully saturated rings. The van der Waals surface area contributed by atoms with Crippen molar-refractivity contribution < 1.29 is 0 Å². The molecule has 1 unspecified atom stereocenters. The van der Waals surface area contributed by atoms with Crippen LogP contribution in [0, 0.1) is 0 Å². The average molecular weight is 252 g/mol. The molecular weight excluding hydrogens is 228 g/mol.